The monoisotopic (exact) mass is 208 g/mol. The molecule has 2 aliphatic heterocycles. The molecule has 0 radical (unpaired) electrons. The Morgan fingerprint density at radius 3 is 2.67 bits per heavy atom. The number of likely N-dealkylation sites (N-methyl/N-ethyl adjacent to an activating group) is 1. The Labute approximate surface area is 91.7 Å². The molecule has 0 N–H and O–H groups in total. The van der Waals surface area contributed by atoms with Crippen LogP contribution in [-0.2, 0) is 4.74 Å². The molecule has 3 fully saturated rings. The molecule has 1 aliphatic carbocycles. The molecule has 1 atom stereocenters. The van der Waals surface area contributed by atoms with E-state index in [-0.39, 0.29) is 0 Å². The van der Waals surface area contributed by atoms with Gasteiger partial charge in [-0.25, -0.2) is 0 Å². The number of nitrogens with zero attached hydrogens (tertiary/aromatic N) is 2. The second kappa shape index (κ2) is 3.71. The third kappa shape index (κ3) is 1.98. The van der Waals surface area contributed by atoms with E-state index in [0.717, 1.165) is 13.1 Å². The quantitative estimate of drug-likeness (QED) is 0.682. The number of allylic oxidation sites excluding steroid dienone is 1. The van der Waals surface area contributed by atoms with Crippen molar-refractivity contribution in [1.29, 1.82) is 0 Å². The topological polar surface area (TPSA) is 15.7 Å². The predicted molar refractivity (Wildman–Crippen MR) is 59.4 cm³/mol. The van der Waals surface area contributed by atoms with E-state index in [1.807, 2.05) is 0 Å². The molecule has 3 nitrogen and oxygen atoms in total. The summed E-state index contributed by atoms with van der Waals surface area (Å²) in [6, 6.07) is 0. The minimum atomic E-state index is 0.413. The summed E-state index contributed by atoms with van der Waals surface area (Å²) in [5.74, 6) is 1.19. The largest absolute Gasteiger partial charge is 0.473 e. The number of hydrogen-bond donors (Lipinski definition) is 0. The van der Waals surface area contributed by atoms with Crippen LogP contribution in [0.3, 0.4) is 0 Å². The van der Waals surface area contributed by atoms with E-state index in [4.69, 9.17) is 4.74 Å². The van der Waals surface area contributed by atoms with E-state index >= 15 is 0 Å². The predicted octanol–water partition coefficient (Wildman–Crippen LogP) is 1.42. The van der Waals surface area contributed by atoms with Gasteiger partial charge < -0.3 is 9.64 Å². The Kier molecular flexibility index (Phi) is 2.35. The van der Waals surface area contributed by atoms with Crippen LogP contribution in [0, 0.1) is 0 Å². The lowest BCUT2D eigenvalue weighted by molar-refractivity contribution is 0.122. The summed E-state index contributed by atoms with van der Waals surface area (Å²) in [6.07, 6.45) is 5.68. The number of ether oxygens (including phenoxy) is 1. The van der Waals surface area contributed by atoms with Crippen molar-refractivity contribution in [3.63, 3.8) is 0 Å². The first-order valence-electron chi connectivity index (χ1n) is 6.15. The fourth-order valence-electron chi connectivity index (χ4n) is 2.65. The Morgan fingerprint density at radius 1 is 1.27 bits per heavy atom. The van der Waals surface area contributed by atoms with E-state index in [9.17, 15) is 0 Å². The summed E-state index contributed by atoms with van der Waals surface area (Å²) < 4.78 is 6.02. The highest BCUT2D eigenvalue weighted by atomic mass is 16.5. The van der Waals surface area contributed by atoms with Crippen LogP contribution in [0.5, 0.6) is 0 Å². The van der Waals surface area contributed by atoms with Gasteiger partial charge >= 0.3 is 0 Å². The molecular formula is C12H20N2O. The average Bonchev–Trinajstić information content (AvgIpc) is 2.81. The summed E-state index contributed by atoms with van der Waals surface area (Å²) in [5.41, 5.74) is 1.53. The van der Waals surface area contributed by atoms with Crippen molar-refractivity contribution >= 4 is 0 Å². The molecule has 3 rings (SSSR count). The van der Waals surface area contributed by atoms with Gasteiger partial charge in [-0.3, -0.25) is 4.90 Å². The molecule has 0 aromatic heterocycles. The van der Waals surface area contributed by atoms with Gasteiger partial charge in [0.25, 0.3) is 0 Å². The third-order valence-corrected chi connectivity index (χ3v) is 3.57. The molecule has 0 spiro atoms. The van der Waals surface area contributed by atoms with Gasteiger partial charge in [-0.2, -0.15) is 0 Å². The molecule has 15 heavy (non-hydrogen) atoms. The molecule has 0 aromatic carbocycles. The van der Waals surface area contributed by atoms with Crippen LogP contribution in [0.15, 0.2) is 11.5 Å². The van der Waals surface area contributed by atoms with Crippen molar-refractivity contribution < 1.29 is 4.74 Å². The standard InChI is InChI=1S/C12H20N2O/c1-13-8-11(9-14-6-2-3-7-14)15-12(13)10-4-5-10/h11H,2-9H2,1H3/t11-/m1/s1. The van der Waals surface area contributed by atoms with Gasteiger partial charge in [-0.15, -0.1) is 0 Å². The highest BCUT2D eigenvalue weighted by molar-refractivity contribution is 5.22. The van der Waals surface area contributed by atoms with Crippen LogP contribution in [0.4, 0.5) is 0 Å². The maximum Gasteiger partial charge on any atom is 0.188 e. The number of rotatable bonds is 2. The summed E-state index contributed by atoms with van der Waals surface area (Å²) in [5, 5.41) is 0. The summed E-state index contributed by atoms with van der Waals surface area (Å²) >= 11 is 0. The van der Waals surface area contributed by atoms with Crippen molar-refractivity contribution in [2.45, 2.75) is 31.8 Å². The molecule has 0 bridgehead atoms. The zero-order valence-corrected chi connectivity index (χ0v) is 9.54. The fourth-order valence-corrected chi connectivity index (χ4v) is 2.65. The second-order valence-corrected chi connectivity index (χ2v) is 5.04. The molecule has 2 heterocycles. The molecule has 3 heteroatoms. The number of hydrogen-bond acceptors (Lipinski definition) is 3. The van der Waals surface area contributed by atoms with Crippen molar-refractivity contribution in [3.05, 3.63) is 11.5 Å². The van der Waals surface area contributed by atoms with E-state index in [2.05, 4.69) is 16.8 Å². The van der Waals surface area contributed by atoms with Gasteiger partial charge in [0.15, 0.2) is 5.88 Å². The maximum absolute atomic E-state index is 6.02. The van der Waals surface area contributed by atoms with Crippen LogP contribution < -0.4 is 0 Å². The first-order valence-corrected chi connectivity index (χ1v) is 6.15. The molecular weight excluding hydrogens is 188 g/mol. The van der Waals surface area contributed by atoms with Gasteiger partial charge in [0.2, 0.25) is 0 Å². The van der Waals surface area contributed by atoms with E-state index in [0.29, 0.717) is 6.10 Å². The smallest absolute Gasteiger partial charge is 0.188 e. The van der Waals surface area contributed by atoms with Crippen molar-refractivity contribution in [2.24, 2.45) is 0 Å². The van der Waals surface area contributed by atoms with E-state index < -0.39 is 0 Å². The van der Waals surface area contributed by atoms with Crippen LogP contribution in [0.2, 0.25) is 0 Å². The minimum Gasteiger partial charge on any atom is -0.473 e. The summed E-state index contributed by atoms with van der Waals surface area (Å²) in [4.78, 5) is 4.84. The lowest BCUT2D eigenvalue weighted by atomic mass is 10.3. The van der Waals surface area contributed by atoms with Gasteiger partial charge in [0.1, 0.15) is 6.10 Å². The lowest BCUT2D eigenvalue weighted by Crippen LogP contribution is -2.32. The van der Waals surface area contributed by atoms with E-state index in [1.54, 1.807) is 0 Å². The van der Waals surface area contributed by atoms with Crippen molar-refractivity contribution in [2.75, 3.05) is 33.2 Å². The van der Waals surface area contributed by atoms with Crippen molar-refractivity contribution in [1.82, 2.24) is 9.80 Å². The van der Waals surface area contributed by atoms with Gasteiger partial charge in [0.05, 0.1) is 6.54 Å². The fraction of sp³-hybridized carbons (Fsp3) is 0.833. The summed E-state index contributed by atoms with van der Waals surface area (Å²) in [6.45, 7) is 4.75. The van der Waals surface area contributed by atoms with Crippen LogP contribution >= 0.6 is 0 Å². The Balaban J connectivity index is 1.58. The van der Waals surface area contributed by atoms with Gasteiger partial charge in [0, 0.05) is 13.6 Å². The first kappa shape index (κ1) is 9.52. The summed E-state index contributed by atoms with van der Waals surface area (Å²) in [7, 11) is 2.16. The highest BCUT2D eigenvalue weighted by Gasteiger charge is 2.32. The molecule has 2 saturated heterocycles. The van der Waals surface area contributed by atoms with Gasteiger partial charge in [-0.05, 0) is 44.3 Å². The molecule has 1 saturated carbocycles. The Hall–Kier alpha value is -0.700. The molecule has 3 aliphatic rings. The molecule has 0 amide bonds. The Bertz CT molecular complexity index is 275. The van der Waals surface area contributed by atoms with Crippen LogP contribution in [0.25, 0.3) is 0 Å². The molecule has 0 unspecified atom stereocenters. The molecule has 0 aromatic rings. The highest BCUT2D eigenvalue weighted by Crippen LogP contribution is 2.36. The van der Waals surface area contributed by atoms with Crippen LogP contribution in [0.1, 0.15) is 25.7 Å². The minimum absolute atomic E-state index is 0.413. The second-order valence-electron chi connectivity index (χ2n) is 5.04. The van der Waals surface area contributed by atoms with Crippen LogP contribution in [-0.4, -0.2) is 49.1 Å². The lowest BCUT2D eigenvalue weighted by Gasteiger charge is -2.18. The Morgan fingerprint density at radius 2 is 2.00 bits per heavy atom. The third-order valence-electron chi connectivity index (χ3n) is 3.57. The zero-order chi connectivity index (χ0) is 10.3. The van der Waals surface area contributed by atoms with Crippen molar-refractivity contribution in [3.8, 4) is 0 Å². The first-order chi connectivity index (χ1) is 7.33. The van der Waals surface area contributed by atoms with Gasteiger partial charge in [-0.1, -0.05) is 0 Å². The SMILES string of the molecule is CN1C[C@H](CN2CCCC2)OC1=C1CC1. The normalized spacial score (nSPS) is 31.3. The zero-order valence-electron chi connectivity index (χ0n) is 9.54. The maximum atomic E-state index is 6.02. The average molecular weight is 208 g/mol. The van der Waals surface area contributed by atoms with E-state index in [1.165, 1.54) is 50.2 Å². The number of likely N-dealkylation sites (tertiary alicyclic amines) is 1. The molecule has 84 valence electrons.